The van der Waals surface area contributed by atoms with Gasteiger partial charge in [0, 0.05) is 51.8 Å². The molecular formula is C45H78N2O12. The highest BCUT2D eigenvalue weighted by atomic mass is 16.7. The van der Waals surface area contributed by atoms with Crippen molar-refractivity contribution in [1.82, 2.24) is 9.80 Å². The molecule has 3 heterocycles. The van der Waals surface area contributed by atoms with E-state index in [1.54, 1.807) is 28.1 Å². The molecule has 0 spiro atoms. The SMILES string of the molecule is CO[C@]1(C)C[C@H](O[C@H]2[C@H](C)[C@@H](O[C@@H]3O[C@H](C)C[C@H](N(C)C)[C@H]3O)[C@@](C)(OC)C[C@@H](C)[C@H](O)[C@H](C)CN(C)[C@@H](CCOCc3ccccc3)COC(=O)[C@@H]2C)O[C@@H](C)[C@@H]1O. The van der Waals surface area contributed by atoms with Crippen LogP contribution in [-0.4, -0.2) is 165 Å². The van der Waals surface area contributed by atoms with Crippen LogP contribution in [-0.2, 0) is 49.3 Å². The summed E-state index contributed by atoms with van der Waals surface area (Å²) in [6, 6.07) is 9.55. The molecule has 4 rings (SSSR count). The van der Waals surface area contributed by atoms with E-state index in [9.17, 15) is 20.1 Å². The van der Waals surface area contributed by atoms with Gasteiger partial charge in [-0.3, -0.25) is 9.69 Å². The van der Waals surface area contributed by atoms with Crippen molar-refractivity contribution < 1.29 is 58.0 Å². The van der Waals surface area contributed by atoms with Gasteiger partial charge in [0.1, 0.15) is 18.8 Å². The molecule has 1 aromatic rings. The highest BCUT2D eigenvalue weighted by Gasteiger charge is 2.52. The van der Waals surface area contributed by atoms with E-state index >= 15 is 0 Å². The van der Waals surface area contributed by atoms with Crippen molar-refractivity contribution in [2.75, 3.05) is 55.1 Å². The van der Waals surface area contributed by atoms with Crippen molar-refractivity contribution in [3.8, 4) is 0 Å². The number of benzene rings is 1. The Bertz CT molecular complexity index is 1410. The second-order valence-electron chi connectivity index (χ2n) is 18.5. The number of rotatable bonds is 12. The molecule has 17 atom stereocenters. The van der Waals surface area contributed by atoms with Gasteiger partial charge in [0.25, 0.3) is 0 Å². The summed E-state index contributed by atoms with van der Waals surface area (Å²) in [6.45, 7) is 16.8. The highest BCUT2D eigenvalue weighted by Crippen LogP contribution is 2.41. The molecule has 0 radical (unpaired) electrons. The summed E-state index contributed by atoms with van der Waals surface area (Å²) in [4.78, 5) is 18.5. The van der Waals surface area contributed by atoms with Crippen molar-refractivity contribution in [1.29, 1.82) is 0 Å². The Morgan fingerprint density at radius 2 is 1.54 bits per heavy atom. The van der Waals surface area contributed by atoms with E-state index in [1.807, 2.05) is 97.9 Å². The van der Waals surface area contributed by atoms with Crippen LogP contribution in [0.5, 0.6) is 0 Å². The Kier molecular flexibility index (Phi) is 18.6. The van der Waals surface area contributed by atoms with Gasteiger partial charge >= 0.3 is 5.97 Å². The molecular weight excluding hydrogens is 760 g/mol. The van der Waals surface area contributed by atoms with E-state index < -0.39 is 78.2 Å². The molecule has 0 bridgehead atoms. The molecule has 340 valence electrons. The third-order valence-corrected chi connectivity index (χ3v) is 13.5. The quantitative estimate of drug-likeness (QED) is 0.203. The number of aliphatic hydroxyl groups is 3. The lowest BCUT2D eigenvalue weighted by Gasteiger charge is -2.49. The maximum absolute atomic E-state index is 14.4. The predicted molar refractivity (Wildman–Crippen MR) is 223 cm³/mol. The van der Waals surface area contributed by atoms with E-state index in [2.05, 4.69) is 4.90 Å². The largest absolute Gasteiger partial charge is 0.464 e. The van der Waals surface area contributed by atoms with Crippen molar-refractivity contribution in [3.05, 3.63) is 35.9 Å². The highest BCUT2D eigenvalue weighted by molar-refractivity contribution is 5.72. The first-order valence-electron chi connectivity index (χ1n) is 21.7. The molecule has 1 aromatic carbocycles. The average molecular weight is 839 g/mol. The monoisotopic (exact) mass is 839 g/mol. The molecule has 3 aliphatic rings. The Labute approximate surface area is 354 Å². The number of methoxy groups -OCH3 is 2. The minimum absolute atomic E-state index is 0.0976. The zero-order chi connectivity index (χ0) is 43.8. The maximum atomic E-state index is 14.4. The summed E-state index contributed by atoms with van der Waals surface area (Å²) in [6.07, 6.45) is -5.32. The first-order valence-corrected chi connectivity index (χ1v) is 21.7. The molecule has 3 aliphatic heterocycles. The van der Waals surface area contributed by atoms with Gasteiger partial charge in [0.2, 0.25) is 0 Å². The molecule has 3 saturated heterocycles. The van der Waals surface area contributed by atoms with Crippen molar-refractivity contribution >= 4 is 5.97 Å². The zero-order valence-electron chi connectivity index (χ0n) is 38.1. The second-order valence-corrected chi connectivity index (χ2v) is 18.5. The predicted octanol–water partition coefficient (Wildman–Crippen LogP) is 4.25. The molecule has 59 heavy (non-hydrogen) atoms. The van der Waals surface area contributed by atoms with Crippen LogP contribution in [0.25, 0.3) is 0 Å². The fraction of sp³-hybridized carbons (Fsp3) is 0.844. The number of esters is 1. The van der Waals surface area contributed by atoms with Crippen LogP contribution >= 0.6 is 0 Å². The summed E-state index contributed by atoms with van der Waals surface area (Å²) >= 11 is 0. The molecule has 0 unspecified atom stereocenters. The van der Waals surface area contributed by atoms with E-state index in [1.165, 1.54) is 0 Å². The Morgan fingerprint density at radius 3 is 2.17 bits per heavy atom. The first kappa shape index (κ1) is 49.9. The van der Waals surface area contributed by atoms with Gasteiger partial charge in [0.05, 0.1) is 54.2 Å². The van der Waals surface area contributed by atoms with Gasteiger partial charge in [-0.2, -0.15) is 0 Å². The molecule has 3 N–H and O–H groups in total. The number of likely N-dealkylation sites (N-methyl/N-ethyl adjacent to an activating group) is 2. The molecule has 14 nitrogen and oxygen atoms in total. The van der Waals surface area contributed by atoms with Gasteiger partial charge in [0.15, 0.2) is 12.6 Å². The Hall–Kier alpha value is -1.79. The van der Waals surface area contributed by atoms with Crippen LogP contribution in [0.15, 0.2) is 30.3 Å². The van der Waals surface area contributed by atoms with Gasteiger partial charge in [-0.1, -0.05) is 51.1 Å². The van der Waals surface area contributed by atoms with Crippen molar-refractivity contribution in [2.24, 2.45) is 23.7 Å². The lowest BCUT2D eigenvalue weighted by molar-refractivity contribution is -0.319. The lowest BCUT2D eigenvalue weighted by Crippen LogP contribution is -2.61. The normalized spacial score (nSPS) is 42.5. The van der Waals surface area contributed by atoms with Crippen LogP contribution < -0.4 is 0 Å². The van der Waals surface area contributed by atoms with E-state index in [0.29, 0.717) is 39.0 Å². The van der Waals surface area contributed by atoms with Crippen LogP contribution in [0, 0.1) is 23.7 Å². The standard InChI is InChI=1S/C45H78N2O12/c1-27-22-45(8,53-13)41(59-43-38(49)35(46(9)10)21-29(3)56-43)30(4)39(58-36-23-44(7,52-12)40(50)32(6)57-36)31(5)42(51)55-26-34(47(11)24-28(2)37(27)48)19-20-54-25-33-17-15-14-16-18-33/h14-18,27-32,34-41,43,48-50H,19-26H2,1-13H3/t27-,28-,29-,30+,31-,32+,34+,35+,36+,37+,38-,39+,40+,41-,43+,44-,45+/m1/s1. The fourth-order valence-electron chi connectivity index (χ4n) is 9.47. The number of carbonyl (C=O) groups excluding carboxylic acids is 1. The summed E-state index contributed by atoms with van der Waals surface area (Å²) in [5.41, 5.74) is -0.982. The maximum Gasteiger partial charge on any atom is 0.311 e. The minimum Gasteiger partial charge on any atom is -0.464 e. The van der Waals surface area contributed by atoms with Gasteiger partial charge in [-0.05, 0) is 92.4 Å². The number of ether oxygens (including phenoxy) is 8. The van der Waals surface area contributed by atoms with E-state index in [0.717, 1.165) is 5.56 Å². The molecule has 0 aliphatic carbocycles. The lowest BCUT2D eigenvalue weighted by atomic mass is 9.75. The van der Waals surface area contributed by atoms with E-state index in [-0.39, 0.29) is 43.1 Å². The van der Waals surface area contributed by atoms with Gasteiger partial charge in [-0.25, -0.2) is 0 Å². The minimum atomic E-state index is -1.08. The smallest absolute Gasteiger partial charge is 0.311 e. The second kappa shape index (κ2) is 22.0. The van der Waals surface area contributed by atoms with Crippen LogP contribution in [0.1, 0.15) is 86.6 Å². The fourth-order valence-corrected chi connectivity index (χ4v) is 9.47. The van der Waals surface area contributed by atoms with Crippen LogP contribution in [0.4, 0.5) is 0 Å². The zero-order valence-corrected chi connectivity index (χ0v) is 38.1. The average Bonchev–Trinajstić information content (AvgIpc) is 3.20. The molecule has 0 aromatic heterocycles. The topological polar surface area (TPSA) is 158 Å². The third-order valence-electron chi connectivity index (χ3n) is 13.5. The number of hydrogen-bond donors (Lipinski definition) is 3. The molecule has 0 saturated carbocycles. The summed E-state index contributed by atoms with van der Waals surface area (Å²) in [5.74, 6) is -2.32. The summed E-state index contributed by atoms with van der Waals surface area (Å²) < 4.78 is 50.9. The first-order chi connectivity index (χ1) is 27.7. The summed E-state index contributed by atoms with van der Waals surface area (Å²) in [5, 5.41) is 34.7. The molecule has 14 heteroatoms. The van der Waals surface area contributed by atoms with Crippen molar-refractivity contribution in [2.45, 2.75) is 166 Å². The third kappa shape index (κ3) is 12.7. The summed E-state index contributed by atoms with van der Waals surface area (Å²) in [7, 11) is 9.00. The number of hydrogen-bond acceptors (Lipinski definition) is 14. The van der Waals surface area contributed by atoms with Gasteiger partial charge < -0.3 is 58.1 Å². The number of aliphatic hydroxyl groups excluding tert-OH is 3. The molecule has 3 fully saturated rings. The Balaban J connectivity index is 1.74. The van der Waals surface area contributed by atoms with Crippen molar-refractivity contribution in [3.63, 3.8) is 0 Å². The van der Waals surface area contributed by atoms with E-state index in [4.69, 9.17) is 37.9 Å². The van der Waals surface area contributed by atoms with Crippen LogP contribution in [0.3, 0.4) is 0 Å². The number of carbonyl (C=O) groups is 1. The number of nitrogens with zero attached hydrogens (tertiary/aromatic N) is 2. The van der Waals surface area contributed by atoms with Gasteiger partial charge in [-0.15, -0.1) is 0 Å². The number of cyclic esters (lactones) is 1. The Morgan fingerprint density at radius 1 is 0.881 bits per heavy atom. The van der Waals surface area contributed by atoms with Crippen LogP contribution in [0.2, 0.25) is 0 Å². The molecule has 0 amide bonds.